The van der Waals surface area contributed by atoms with E-state index in [1.165, 1.54) is 0 Å². The molecule has 0 aromatic carbocycles. The molecule has 1 heterocycles. The summed E-state index contributed by atoms with van der Waals surface area (Å²) in [7, 11) is 1.71. The summed E-state index contributed by atoms with van der Waals surface area (Å²) in [5.74, 6) is 0.285. The third-order valence-electron chi connectivity index (χ3n) is 3.18. The molecule has 0 aromatic rings. The molecule has 2 N–H and O–H groups in total. The standard InChI is InChI=1S/C12H24N2O2/c1-16-11-7-9-14(10-11)12(15)6-4-2-3-5-8-13/h11H,2-10,13H2,1H3. The number of hydrogen-bond acceptors (Lipinski definition) is 3. The predicted octanol–water partition coefficient (Wildman–Crippen LogP) is 1.14. The molecule has 1 amide bonds. The molecule has 4 nitrogen and oxygen atoms in total. The molecule has 1 aliphatic heterocycles. The number of unbranched alkanes of at least 4 members (excludes halogenated alkanes) is 3. The maximum Gasteiger partial charge on any atom is 0.222 e. The van der Waals surface area contributed by atoms with Crippen LogP contribution in [-0.2, 0) is 9.53 Å². The van der Waals surface area contributed by atoms with Gasteiger partial charge in [0.25, 0.3) is 0 Å². The number of hydrogen-bond donors (Lipinski definition) is 1. The first-order valence-corrected chi connectivity index (χ1v) is 6.28. The van der Waals surface area contributed by atoms with Crippen molar-refractivity contribution in [2.45, 2.75) is 44.6 Å². The molecular formula is C12H24N2O2. The number of carbonyl (C=O) groups excluding carboxylic acids is 1. The molecule has 1 unspecified atom stereocenters. The number of amides is 1. The topological polar surface area (TPSA) is 55.6 Å². The Morgan fingerprint density at radius 2 is 2.12 bits per heavy atom. The number of methoxy groups -OCH3 is 1. The second-order valence-electron chi connectivity index (χ2n) is 4.44. The van der Waals surface area contributed by atoms with Gasteiger partial charge in [-0.2, -0.15) is 0 Å². The lowest BCUT2D eigenvalue weighted by atomic mass is 10.1. The molecule has 0 aliphatic carbocycles. The fourth-order valence-electron chi connectivity index (χ4n) is 2.08. The summed E-state index contributed by atoms with van der Waals surface area (Å²) in [5.41, 5.74) is 5.41. The van der Waals surface area contributed by atoms with E-state index in [1.807, 2.05) is 4.90 Å². The summed E-state index contributed by atoms with van der Waals surface area (Å²) in [5, 5.41) is 0. The molecule has 0 bridgehead atoms. The van der Waals surface area contributed by atoms with Crippen molar-refractivity contribution >= 4 is 5.91 Å². The molecule has 0 aromatic heterocycles. The minimum atomic E-state index is 0.251. The largest absolute Gasteiger partial charge is 0.380 e. The van der Waals surface area contributed by atoms with Gasteiger partial charge < -0.3 is 15.4 Å². The van der Waals surface area contributed by atoms with E-state index >= 15 is 0 Å². The quantitative estimate of drug-likeness (QED) is 0.665. The van der Waals surface area contributed by atoms with Crippen molar-refractivity contribution in [3.8, 4) is 0 Å². The van der Waals surface area contributed by atoms with E-state index in [-0.39, 0.29) is 12.0 Å². The van der Waals surface area contributed by atoms with Gasteiger partial charge in [0.2, 0.25) is 5.91 Å². The van der Waals surface area contributed by atoms with Gasteiger partial charge in [-0.25, -0.2) is 0 Å². The zero-order valence-electron chi connectivity index (χ0n) is 10.3. The Labute approximate surface area is 98.1 Å². The van der Waals surface area contributed by atoms with Gasteiger partial charge >= 0.3 is 0 Å². The van der Waals surface area contributed by atoms with Gasteiger partial charge in [-0.1, -0.05) is 12.8 Å². The molecule has 0 spiro atoms. The Hall–Kier alpha value is -0.610. The summed E-state index contributed by atoms with van der Waals surface area (Å²) in [6.07, 6.45) is 6.24. The Balaban J connectivity index is 2.06. The average molecular weight is 228 g/mol. The Kier molecular flexibility index (Phi) is 6.42. The van der Waals surface area contributed by atoms with Gasteiger partial charge in [0.05, 0.1) is 6.10 Å². The maximum atomic E-state index is 11.8. The van der Waals surface area contributed by atoms with Crippen LogP contribution in [0.4, 0.5) is 0 Å². The first kappa shape index (κ1) is 13.5. The van der Waals surface area contributed by atoms with E-state index in [9.17, 15) is 4.79 Å². The minimum absolute atomic E-state index is 0.251. The lowest BCUT2D eigenvalue weighted by molar-refractivity contribution is -0.130. The Bertz CT molecular complexity index is 209. The number of carbonyl (C=O) groups is 1. The SMILES string of the molecule is COC1CCN(C(=O)CCCCCCN)C1. The molecule has 1 atom stereocenters. The van der Waals surface area contributed by atoms with Crippen LogP contribution >= 0.6 is 0 Å². The van der Waals surface area contributed by atoms with Crippen LogP contribution in [0.3, 0.4) is 0 Å². The van der Waals surface area contributed by atoms with Crippen molar-refractivity contribution in [2.75, 3.05) is 26.7 Å². The fourth-order valence-corrected chi connectivity index (χ4v) is 2.08. The summed E-state index contributed by atoms with van der Waals surface area (Å²) >= 11 is 0. The van der Waals surface area contributed by atoms with Crippen LogP contribution in [0.2, 0.25) is 0 Å². The van der Waals surface area contributed by atoms with Gasteiger partial charge in [-0.05, 0) is 25.8 Å². The highest BCUT2D eigenvalue weighted by molar-refractivity contribution is 5.76. The summed E-state index contributed by atoms with van der Waals surface area (Å²) < 4.78 is 5.24. The minimum Gasteiger partial charge on any atom is -0.380 e. The molecule has 16 heavy (non-hydrogen) atoms. The van der Waals surface area contributed by atoms with Crippen molar-refractivity contribution in [2.24, 2.45) is 5.73 Å². The zero-order chi connectivity index (χ0) is 11.8. The van der Waals surface area contributed by atoms with E-state index in [2.05, 4.69) is 0 Å². The fraction of sp³-hybridized carbons (Fsp3) is 0.917. The maximum absolute atomic E-state index is 11.8. The van der Waals surface area contributed by atoms with E-state index in [1.54, 1.807) is 7.11 Å². The van der Waals surface area contributed by atoms with Gasteiger partial charge in [-0.3, -0.25) is 4.79 Å². The second-order valence-corrected chi connectivity index (χ2v) is 4.44. The number of ether oxygens (including phenoxy) is 1. The Morgan fingerprint density at radius 1 is 1.38 bits per heavy atom. The van der Waals surface area contributed by atoms with Crippen molar-refractivity contribution in [3.05, 3.63) is 0 Å². The number of rotatable bonds is 7. The third kappa shape index (κ3) is 4.49. The normalized spacial score (nSPS) is 20.4. The van der Waals surface area contributed by atoms with Crippen molar-refractivity contribution in [1.82, 2.24) is 4.90 Å². The van der Waals surface area contributed by atoms with Crippen LogP contribution < -0.4 is 5.73 Å². The van der Waals surface area contributed by atoms with E-state index in [0.29, 0.717) is 6.42 Å². The van der Waals surface area contributed by atoms with Crippen LogP contribution in [0, 0.1) is 0 Å². The van der Waals surface area contributed by atoms with Gasteiger partial charge in [0.15, 0.2) is 0 Å². The average Bonchev–Trinajstić information content (AvgIpc) is 2.77. The Morgan fingerprint density at radius 3 is 2.75 bits per heavy atom. The summed E-state index contributed by atoms with van der Waals surface area (Å²) in [6.45, 7) is 2.40. The highest BCUT2D eigenvalue weighted by Crippen LogP contribution is 2.14. The van der Waals surface area contributed by atoms with E-state index < -0.39 is 0 Å². The molecule has 0 radical (unpaired) electrons. The predicted molar refractivity (Wildman–Crippen MR) is 64.1 cm³/mol. The summed E-state index contributed by atoms with van der Waals surface area (Å²) in [6, 6.07) is 0. The zero-order valence-corrected chi connectivity index (χ0v) is 10.3. The molecule has 0 saturated carbocycles. The number of nitrogens with two attached hydrogens (primary N) is 1. The number of likely N-dealkylation sites (tertiary alicyclic amines) is 1. The third-order valence-corrected chi connectivity index (χ3v) is 3.18. The van der Waals surface area contributed by atoms with Crippen molar-refractivity contribution in [3.63, 3.8) is 0 Å². The van der Waals surface area contributed by atoms with Crippen LogP contribution in [0.15, 0.2) is 0 Å². The lowest BCUT2D eigenvalue weighted by Crippen LogP contribution is -2.29. The van der Waals surface area contributed by atoms with Crippen LogP contribution in [0.25, 0.3) is 0 Å². The van der Waals surface area contributed by atoms with Crippen molar-refractivity contribution in [1.29, 1.82) is 0 Å². The van der Waals surface area contributed by atoms with Crippen LogP contribution in [0.5, 0.6) is 0 Å². The van der Waals surface area contributed by atoms with Gasteiger partial charge in [-0.15, -0.1) is 0 Å². The summed E-state index contributed by atoms with van der Waals surface area (Å²) in [4.78, 5) is 13.7. The molecule has 1 aliphatic rings. The first-order valence-electron chi connectivity index (χ1n) is 6.28. The lowest BCUT2D eigenvalue weighted by Gasteiger charge is -2.15. The van der Waals surface area contributed by atoms with Gasteiger partial charge in [0, 0.05) is 26.6 Å². The van der Waals surface area contributed by atoms with E-state index in [0.717, 1.165) is 51.7 Å². The highest BCUT2D eigenvalue weighted by atomic mass is 16.5. The molecule has 1 fully saturated rings. The second kappa shape index (κ2) is 7.63. The molecular weight excluding hydrogens is 204 g/mol. The van der Waals surface area contributed by atoms with Gasteiger partial charge in [0.1, 0.15) is 0 Å². The highest BCUT2D eigenvalue weighted by Gasteiger charge is 2.25. The van der Waals surface area contributed by atoms with Crippen LogP contribution in [0.1, 0.15) is 38.5 Å². The molecule has 94 valence electrons. The number of nitrogens with zero attached hydrogens (tertiary/aromatic N) is 1. The molecule has 1 saturated heterocycles. The molecule has 1 rings (SSSR count). The smallest absolute Gasteiger partial charge is 0.222 e. The first-order chi connectivity index (χ1) is 7.77. The molecule has 4 heteroatoms. The van der Waals surface area contributed by atoms with E-state index in [4.69, 9.17) is 10.5 Å². The van der Waals surface area contributed by atoms with Crippen molar-refractivity contribution < 1.29 is 9.53 Å². The van der Waals surface area contributed by atoms with Crippen LogP contribution in [-0.4, -0.2) is 43.7 Å². The monoisotopic (exact) mass is 228 g/mol.